The monoisotopic (exact) mass is 259 g/mol. The SMILES string of the molecule is COC(=O)CN(CC(=O)OC)C1CCCCC1O. The molecule has 0 aromatic heterocycles. The first-order valence-electron chi connectivity index (χ1n) is 6.14. The highest BCUT2D eigenvalue weighted by Gasteiger charge is 2.31. The zero-order valence-corrected chi connectivity index (χ0v) is 10.9. The Morgan fingerprint density at radius 2 is 1.61 bits per heavy atom. The predicted molar refractivity (Wildman–Crippen MR) is 63.9 cm³/mol. The van der Waals surface area contributed by atoms with Crippen LogP contribution in [0.2, 0.25) is 0 Å². The van der Waals surface area contributed by atoms with Gasteiger partial charge in [-0.3, -0.25) is 14.5 Å². The van der Waals surface area contributed by atoms with Crippen LogP contribution in [0.1, 0.15) is 25.7 Å². The summed E-state index contributed by atoms with van der Waals surface area (Å²) in [6.45, 7) is -0.0132. The fourth-order valence-electron chi connectivity index (χ4n) is 2.27. The van der Waals surface area contributed by atoms with Crippen LogP contribution in [0.3, 0.4) is 0 Å². The molecule has 2 atom stereocenters. The second-order valence-corrected chi connectivity index (χ2v) is 4.48. The summed E-state index contributed by atoms with van der Waals surface area (Å²) in [4.78, 5) is 24.3. The topological polar surface area (TPSA) is 76.1 Å². The van der Waals surface area contributed by atoms with E-state index >= 15 is 0 Å². The summed E-state index contributed by atoms with van der Waals surface area (Å²) in [5, 5.41) is 9.96. The van der Waals surface area contributed by atoms with Crippen molar-refractivity contribution in [2.24, 2.45) is 0 Å². The van der Waals surface area contributed by atoms with Crippen molar-refractivity contribution in [2.45, 2.75) is 37.8 Å². The standard InChI is InChI=1S/C12H21NO5/c1-17-11(15)7-13(8-12(16)18-2)9-5-3-4-6-10(9)14/h9-10,14H,3-8H2,1-2H3. The van der Waals surface area contributed by atoms with E-state index in [1.165, 1.54) is 14.2 Å². The van der Waals surface area contributed by atoms with E-state index in [1.54, 1.807) is 4.90 Å². The van der Waals surface area contributed by atoms with Crippen LogP contribution in [0.25, 0.3) is 0 Å². The molecule has 0 aliphatic heterocycles. The lowest BCUT2D eigenvalue weighted by Gasteiger charge is -2.36. The maximum absolute atomic E-state index is 11.3. The first-order valence-corrected chi connectivity index (χ1v) is 6.14. The van der Waals surface area contributed by atoms with Crippen LogP contribution in [0.5, 0.6) is 0 Å². The van der Waals surface area contributed by atoms with Gasteiger partial charge in [-0.15, -0.1) is 0 Å². The van der Waals surface area contributed by atoms with E-state index in [4.69, 9.17) is 0 Å². The minimum absolute atomic E-state index is 0.00662. The second-order valence-electron chi connectivity index (χ2n) is 4.48. The third kappa shape index (κ3) is 4.27. The summed E-state index contributed by atoms with van der Waals surface area (Å²) in [5.74, 6) is -0.839. The lowest BCUT2D eigenvalue weighted by atomic mass is 9.91. The molecule has 0 radical (unpaired) electrons. The average Bonchev–Trinajstić information content (AvgIpc) is 2.38. The number of hydrogen-bond acceptors (Lipinski definition) is 6. The van der Waals surface area contributed by atoms with Gasteiger partial charge in [0.2, 0.25) is 0 Å². The van der Waals surface area contributed by atoms with Gasteiger partial charge in [0.1, 0.15) is 0 Å². The Kier molecular flexibility index (Phi) is 6.07. The van der Waals surface area contributed by atoms with Crippen LogP contribution in [-0.4, -0.2) is 61.4 Å². The summed E-state index contributed by atoms with van der Waals surface area (Å²) in [6.07, 6.45) is 2.93. The van der Waals surface area contributed by atoms with Crippen LogP contribution in [-0.2, 0) is 19.1 Å². The average molecular weight is 259 g/mol. The summed E-state index contributed by atoms with van der Waals surface area (Å²) < 4.78 is 9.22. The summed E-state index contributed by atoms with van der Waals surface area (Å²) in [7, 11) is 2.60. The smallest absolute Gasteiger partial charge is 0.319 e. The fraction of sp³-hybridized carbons (Fsp3) is 0.833. The highest BCUT2D eigenvalue weighted by Crippen LogP contribution is 2.23. The second kappa shape index (κ2) is 7.33. The number of esters is 2. The van der Waals surface area contributed by atoms with E-state index in [9.17, 15) is 14.7 Å². The quantitative estimate of drug-likeness (QED) is 0.697. The van der Waals surface area contributed by atoms with Gasteiger partial charge in [-0.2, -0.15) is 0 Å². The summed E-state index contributed by atoms with van der Waals surface area (Å²) in [6, 6.07) is -0.183. The van der Waals surface area contributed by atoms with E-state index in [1.807, 2.05) is 0 Å². The van der Waals surface area contributed by atoms with Crippen molar-refractivity contribution in [3.05, 3.63) is 0 Å². The maximum atomic E-state index is 11.3. The van der Waals surface area contributed by atoms with E-state index in [-0.39, 0.29) is 19.1 Å². The molecule has 1 fully saturated rings. The number of nitrogens with zero attached hydrogens (tertiary/aromatic N) is 1. The van der Waals surface area contributed by atoms with Gasteiger partial charge in [-0.05, 0) is 12.8 Å². The number of ether oxygens (including phenoxy) is 2. The van der Waals surface area contributed by atoms with Crippen molar-refractivity contribution in [3.8, 4) is 0 Å². The van der Waals surface area contributed by atoms with Gasteiger partial charge in [0.25, 0.3) is 0 Å². The molecule has 0 heterocycles. The third-order valence-corrected chi connectivity index (χ3v) is 3.28. The molecule has 0 spiro atoms. The molecule has 2 unspecified atom stereocenters. The Morgan fingerprint density at radius 3 is 2.06 bits per heavy atom. The van der Waals surface area contributed by atoms with Crippen molar-refractivity contribution >= 4 is 11.9 Å². The molecular weight excluding hydrogens is 238 g/mol. The molecule has 1 N–H and O–H groups in total. The van der Waals surface area contributed by atoms with E-state index in [0.717, 1.165) is 19.3 Å². The van der Waals surface area contributed by atoms with Crippen molar-refractivity contribution in [1.29, 1.82) is 0 Å². The number of carbonyl (C=O) groups excluding carboxylic acids is 2. The highest BCUT2D eigenvalue weighted by molar-refractivity contribution is 5.75. The van der Waals surface area contributed by atoms with Gasteiger partial charge < -0.3 is 14.6 Å². The Morgan fingerprint density at radius 1 is 1.11 bits per heavy atom. The zero-order chi connectivity index (χ0) is 13.5. The minimum atomic E-state index is -0.506. The molecule has 18 heavy (non-hydrogen) atoms. The summed E-state index contributed by atoms with van der Waals surface area (Å²) >= 11 is 0. The minimum Gasteiger partial charge on any atom is -0.468 e. The van der Waals surface area contributed by atoms with E-state index in [2.05, 4.69) is 9.47 Å². The first kappa shape index (κ1) is 14.9. The molecule has 1 aliphatic carbocycles. The Balaban J connectivity index is 2.67. The molecule has 1 aliphatic rings. The number of aliphatic hydroxyl groups excluding tert-OH is 1. The van der Waals surface area contributed by atoms with E-state index < -0.39 is 18.0 Å². The molecule has 6 heteroatoms. The van der Waals surface area contributed by atoms with Crippen LogP contribution in [0, 0.1) is 0 Å². The number of rotatable bonds is 5. The molecule has 1 saturated carbocycles. The molecule has 1 rings (SSSR count). The van der Waals surface area contributed by atoms with Gasteiger partial charge >= 0.3 is 11.9 Å². The van der Waals surface area contributed by atoms with Crippen LogP contribution in [0.15, 0.2) is 0 Å². The lowest BCUT2D eigenvalue weighted by Crippen LogP contribution is -2.49. The Hall–Kier alpha value is -1.14. The van der Waals surface area contributed by atoms with Crippen LogP contribution < -0.4 is 0 Å². The van der Waals surface area contributed by atoms with Gasteiger partial charge in [0, 0.05) is 6.04 Å². The number of aliphatic hydroxyl groups is 1. The van der Waals surface area contributed by atoms with Gasteiger partial charge in [0.15, 0.2) is 0 Å². The molecule has 0 aromatic carbocycles. The number of hydrogen-bond donors (Lipinski definition) is 1. The number of carbonyl (C=O) groups is 2. The summed E-state index contributed by atoms with van der Waals surface area (Å²) in [5.41, 5.74) is 0. The Labute approximate surface area is 107 Å². The van der Waals surface area contributed by atoms with E-state index in [0.29, 0.717) is 6.42 Å². The van der Waals surface area contributed by atoms with Crippen molar-refractivity contribution in [1.82, 2.24) is 4.90 Å². The molecule has 0 saturated heterocycles. The first-order chi connectivity index (χ1) is 8.58. The molecule has 6 nitrogen and oxygen atoms in total. The zero-order valence-electron chi connectivity index (χ0n) is 10.9. The predicted octanol–water partition coefficient (Wildman–Crippen LogP) is -0.0621. The number of methoxy groups -OCH3 is 2. The van der Waals surface area contributed by atoms with Gasteiger partial charge in [-0.1, -0.05) is 12.8 Å². The maximum Gasteiger partial charge on any atom is 0.319 e. The third-order valence-electron chi connectivity index (χ3n) is 3.28. The van der Waals surface area contributed by atoms with Gasteiger partial charge in [0.05, 0.1) is 33.4 Å². The normalized spacial score (nSPS) is 23.8. The lowest BCUT2D eigenvalue weighted by molar-refractivity contribution is -0.148. The molecular formula is C12H21NO5. The van der Waals surface area contributed by atoms with Gasteiger partial charge in [-0.25, -0.2) is 0 Å². The van der Waals surface area contributed by atoms with Crippen molar-refractivity contribution in [2.75, 3.05) is 27.3 Å². The molecule has 0 bridgehead atoms. The van der Waals surface area contributed by atoms with Crippen LogP contribution in [0.4, 0.5) is 0 Å². The van der Waals surface area contributed by atoms with Crippen molar-refractivity contribution in [3.63, 3.8) is 0 Å². The molecule has 0 amide bonds. The molecule has 104 valence electrons. The Bertz CT molecular complexity index is 276. The van der Waals surface area contributed by atoms with Crippen molar-refractivity contribution < 1.29 is 24.2 Å². The van der Waals surface area contributed by atoms with Crippen LogP contribution >= 0.6 is 0 Å². The largest absolute Gasteiger partial charge is 0.468 e. The molecule has 0 aromatic rings. The fourth-order valence-corrected chi connectivity index (χ4v) is 2.27. The highest BCUT2D eigenvalue weighted by atomic mass is 16.5.